The van der Waals surface area contributed by atoms with Crippen LogP contribution in [0, 0.1) is 0 Å². The molecule has 28 heavy (non-hydrogen) atoms. The van der Waals surface area contributed by atoms with Crippen molar-refractivity contribution in [2.24, 2.45) is 0 Å². The topological polar surface area (TPSA) is 172 Å². The molecule has 0 aromatic carbocycles. The molecule has 0 amide bonds. The van der Waals surface area contributed by atoms with Crippen LogP contribution in [0.1, 0.15) is 19.1 Å². The van der Waals surface area contributed by atoms with Gasteiger partial charge in [0.15, 0.2) is 23.2 Å². The summed E-state index contributed by atoms with van der Waals surface area (Å²) in [5, 5.41) is 23.8. The summed E-state index contributed by atoms with van der Waals surface area (Å²) in [6, 6.07) is 0.310. The van der Waals surface area contributed by atoms with Crippen LogP contribution in [0.4, 0.5) is 5.82 Å². The van der Waals surface area contributed by atoms with Gasteiger partial charge in [-0.25, -0.2) is 4.98 Å². The highest BCUT2D eigenvalue weighted by atomic mass is 35.5. The number of aliphatic hydroxyl groups is 2. The lowest BCUT2D eigenvalue weighted by Gasteiger charge is -2.17. The van der Waals surface area contributed by atoms with Gasteiger partial charge >= 0.3 is 7.60 Å². The Bertz CT molecular complexity index is 919. The van der Waals surface area contributed by atoms with Crippen molar-refractivity contribution >= 4 is 36.2 Å². The molecule has 154 valence electrons. The molecule has 12 nitrogen and oxygen atoms in total. The first kappa shape index (κ1) is 19.9. The first-order chi connectivity index (χ1) is 13.2. The van der Waals surface area contributed by atoms with Crippen LogP contribution in [0.2, 0.25) is 5.28 Å². The highest BCUT2D eigenvalue weighted by molar-refractivity contribution is 7.51. The van der Waals surface area contributed by atoms with Gasteiger partial charge in [0.1, 0.15) is 24.7 Å². The van der Waals surface area contributed by atoms with Crippen molar-refractivity contribution in [3.8, 4) is 0 Å². The molecule has 2 fully saturated rings. The summed E-state index contributed by atoms with van der Waals surface area (Å²) >= 11 is 6.02. The monoisotopic (exact) mass is 435 g/mol. The Hall–Kier alpha value is -1.37. The number of aliphatic hydroxyl groups excluding tert-OH is 2. The van der Waals surface area contributed by atoms with Crippen LogP contribution in [0.25, 0.3) is 11.2 Å². The van der Waals surface area contributed by atoms with E-state index in [2.05, 4.69) is 20.3 Å². The maximum atomic E-state index is 10.9. The van der Waals surface area contributed by atoms with E-state index < -0.39 is 38.5 Å². The van der Waals surface area contributed by atoms with E-state index in [4.69, 9.17) is 30.9 Å². The van der Waals surface area contributed by atoms with Crippen molar-refractivity contribution in [1.82, 2.24) is 19.5 Å². The van der Waals surface area contributed by atoms with Gasteiger partial charge < -0.3 is 34.8 Å². The lowest BCUT2D eigenvalue weighted by Crippen LogP contribution is -2.33. The van der Waals surface area contributed by atoms with Crippen molar-refractivity contribution < 1.29 is 34.0 Å². The summed E-state index contributed by atoms with van der Waals surface area (Å²) in [5.74, 6) is 0.478. The fourth-order valence-corrected chi connectivity index (χ4v) is 3.49. The number of ether oxygens (including phenoxy) is 2. The van der Waals surface area contributed by atoms with E-state index in [1.165, 1.54) is 10.9 Å². The zero-order valence-electron chi connectivity index (χ0n) is 14.4. The minimum absolute atomic E-state index is 0.00744. The molecule has 1 saturated heterocycles. The number of hydrogen-bond donors (Lipinski definition) is 5. The number of rotatable bonds is 7. The SMILES string of the molecule is O=P(O)(O)COC[C@H]1O[C@@H](n2cnc3c(NC4CC4)nc(Cl)nc32)[C@H](O)[C@@H]1O. The second kappa shape index (κ2) is 7.47. The summed E-state index contributed by atoms with van der Waals surface area (Å²) < 4.78 is 22.8. The van der Waals surface area contributed by atoms with Crippen LogP contribution in [0.3, 0.4) is 0 Å². The average molecular weight is 436 g/mol. The standard InChI is InChI=1S/C14H19ClN5O7P/c15-14-18-11(17-6-1-2-6)8-12(19-14)20(4-16-8)13-10(22)9(21)7(27-13)3-26-5-28(23,24)25/h4,6-7,9-10,13,21-22H,1-3,5H2,(H,17,18,19)(H2,23,24,25)/t7-,9-,10-,13-/m1/s1. The average Bonchev–Trinajstić information content (AvgIpc) is 3.26. The van der Waals surface area contributed by atoms with E-state index in [9.17, 15) is 14.8 Å². The number of fused-ring (bicyclic) bond motifs is 1. The quantitative estimate of drug-likeness (QED) is 0.288. The first-order valence-electron chi connectivity index (χ1n) is 8.53. The van der Waals surface area contributed by atoms with Gasteiger partial charge in [-0.3, -0.25) is 9.13 Å². The summed E-state index contributed by atoms with van der Waals surface area (Å²) in [5.41, 5.74) is 0.763. The zero-order valence-corrected chi connectivity index (χ0v) is 16.1. The lowest BCUT2D eigenvalue weighted by molar-refractivity contribution is -0.0612. The molecule has 2 aromatic heterocycles. The smallest absolute Gasteiger partial charge is 0.350 e. The molecule has 0 bridgehead atoms. The van der Waals surface area contributed by atoms with Gasteiger partial charge in [0, 0.05) is 6.04 Å². The number of hydrogen-bond acceptors (Lipinski definition) is 9. The van der Waals surface area contributed by atoms with Crippen LogP contribution in [-0.2, 0) is 14.0 Å². The predicted molar refractivity (Wildman–Crippen MR) is 95.8 cm³/mol. The molecule has 1 saturated carbocycles. The Morgan fingerprint density at radius 1 is 1.32 bits per heavy atom. The molecule has 2 aromatic rings. The van der Waals surface area contributed by atoms with Crippen LogP contribution in [0.15, 0.2) is 6.33 Å². The molecule has 0 unspecified atom stereocenters. The van der Waals surface area contributed by atoms with Gasteiger partial charge in [0.05, 0.1) is 12.9 Å². The fraction of sp³-hybridized carbons (Fsp3) is 0.643. The van der Waals surface area contributed by atoms with Crippen LogP contribution in [0.5, 0.6) is 0 Å². The number of imidazole rings is 1. The largest absolute Gasteiger partial charge is 0.387 e. The third kappa shape index (κ3) is 4.14. The molecule has 4 rings (SSSR count). The number of aromatic nitrogens is 4. The third-order valence-electron chi connectivity index (χ3n) is 4.47. The van der Waals surface area contributed by atoms with E-state index in [0.29, 0.717) is 23.0 Å². The minimum atomic E-state index is -4.35. The number of nitrogens with one attached hydrogen (secondary N) is 1. The Morgan fingerprint density at radius 3 is 2.75 bits per heavy atom. The summed E-state index contributed by atoms with van der Waals surface area (Å²) in [6.07, 6.45) is -2.07. The van der Waals surface area contributed by atoms with Crippen molar-refractivity contribution in [2.75, 3.05) is 18.3 Å². The Morgan fingerprint density at radius 2 is 2.07 bits per heavy atom. The third-order valence-corrected chi connectivity index (χ3v) is 5.15. The normalized spacial score (nSPS) is 28.2. The number of nitrogens with zero attached hydrogens (tertiary/aromatic N) is 4. The van der Waals surface area contributed by atoms with E-state index >= 15 is 0 Å². The fourth-order valence-electron chi connectivity index (χ4n) is 2.98. The lowest BCUT2D eigenvalue weighted by atomic mass is 10.1. The van der Waals surface area contributed by atoms with Gasteiger partial charge in [0.25, 0.3) is 0 Å². The van der Waals surface area contributed by atoms with Gasteiger partial charge in [-0.15, -0.1) is 0 Å². The van der Waals surface area contributed by atoms with Crippen molar-refractivity contribution in [1.29, 1.82) is 0 Å². The first-order valence-corrected chi connectivity index (χ1v) is 10.7. The molecule has 2 aliphatic rings. The molecule has 4 atom stereocenters. The van der Waals surface area contributed by atoms with Gasteiger partial charge in [0.2, 0.25) is 5.28 Å². The van der Waals surface area contributed by atoms with Crippen molar-refractivity contribution in [3.05, 3.63) is 11.6 Å². The van der Waals surface area contributed by atoms with E-state index in [-0.39, 0.29) is 11.9 Å². The molecular weight excluding hydrogens is 417 g/mol. The second-order valence-corrected chi connectivity index (χ2v) is 8.72. The van der Waals surface area contributed by atoms with Gasteiger partial charge in [-0.05, 0) is 24.4 Å². The molecule has 1 aliphatic heterocycles. The van der Waals surface area contributed by atoms with Crippen molar-refractivity contribution in [3.63, 3.8) is 0 Å². The Labute approximate surface area is 163 Å². The molecular formula is C14H19ClN5O7P. The zero-order chi connectivity index (χ0) is 20.1. The maximum Gasteiger partial charge on any atom is 0.350 e. The van der Waals surface area contributed by atoms with E-state index in [1.807, 2.05) is 0 Å². The molecule has 0 radical (unpaired) electrons. The van der Waals surface area contributed by atoms with Crippen LogP contribution < -0.4 is 5.32 Å². The van der Waals surface area contributed by atoms with E-state index in [1.54, 1.807) is 0 Å². The second-order valence-electron chi connectivity index (χ2n) is 6.79. The summed E-state index contributed by atoms with van der Waals surface area (Å²) in [4.78, 5) is 30.3. The number of halogens is 1. The van der Waals surface area contributed by atoms with Gasteiger partial charge in [-0.2, -0.15) is 9.97 Å². The summed E-state index contributed by atoms with van der Waals surface area (Å²) in [7, 11) is -4.35. The maximum absolute atomic E-state index is 10.9. The molecule has 14 heteroatoms. The predicted octanol–water partition coefficient (Wildman–Crippen LogP) is -0.175. The number of anilines is 1. The van der Waals surface area contributed by atoms with Gasteiger partial charge in [-0.1, -0.05) is 0 Å². The minimum Gasteiger partial charge on any atom is -0.387 e. The molecule has 3 heterocycles. The highest BCUT2D eigenvalue weighted by Crippen LogP contribution is 2.36. The molecule has 0 spiro atoms. The van der Waals surface area contributed by atoms with Crippen LogP contribution >= 0.6 is 19.2 Å². The summed E-state index contributed by atoms with van der Waals surface area (Å²) in [6.45, 7) is -0.309. The molecule has 5 N–H and O–H groups in total. The van der Waals surface area contributed by atoms with Crippen LogP contribution in [-0.4, -0.2) is 76.8 Å². The highest BCUT2D eigenvalue weighted by Gasteiger charge is 2.44. The Kier molecular flexibility index (Phi) is 5.31. The Balaban J connectivity index is 1.55. The van der Waals surface area contributed by atoms with E-state index in [0.717, 1.165) is 12.8 Å². The van der Waals surface area contributed by atoms with Crippen molar-refractivity contribution in [2.45, 2.75) is 43.4 Å². The molecule has 1 aliphatic carbocycles.